The molecule has 3 atom stereocenters. The number of fused-ring (bicyclic) bond motifs is 1. The molecule has 1 aromatic carbocycles. The topological polar surface area (TPSA) is 30.5 Å². The van der Waals surface area contributed by atoms with E-state index in [1.165, 1.54) is 37.7 Å². The maximum atomic E-state index is 6.55. The van der Waals surface area contributed by atoms with E-state index in [1.54, 1.807) is 7.11 Å². The summed E-state index contributed by atoms with van der Waals surface area (Å²) in [6, 6.07) is 6.61. The van der Waals surface area contributed by atoms with Crippen LogP contribution >= 0.6 is 0 Å². The van der Waals surface area contributed by atoms with E-state index in [-0.39, 0.29) is 5.60 Å². The number of methoxy groups -OCH3 is 1. The summed E-state index contributed by atoms with van der Waals surface area (Å²) in [6.45, 7) is 2.30. The lowest BCUT2D eigenvalue weighted by Gasteiger charge is -2.46. The van der Waals surface area contributed by atoms with Crippen molar-refractivity contribution in [1.29, 1.82) is 0 Å². The van der Waals surface area contributed by atoms with Gasteiger partial charge in [-0.1, -0.05) is 25.8 Å². The van der Waals surface area contributed by atoms with Gasteiger partial charge in [0.05, 0.1) is 7.11 Å². The van der Waals surface area contributed by atoms with Crippen molar-refractivity contribution in [3.63, 3.8) is 0 Å². The Labute approximate surface area is 128 Å². The van der Waals surface area contributed by atoms with Crippen molar-refractivity contribution in [1.82, 2.24) is 5.32 Å². The number of hydrogen-bond donors (Lipinski definition) is 1. The molecule has 3 unspecified atom stereocenters. The molecule has 2 aliphatic rings. The van der Waals surface area contributed by atoms with Crippen LogP contribution in [0, 0.1) is 5.92 Å². The third-order valence-electron chi connectivity index (χ3n) is 5.33. The molecular formula is C18H27NO2. The van der Waals surface area contributed by atoms with Gasteiger partial charge in [-0.3, -0.25) is 0 Å². The predicted octanol–water partition coefficient (Wildman–Crippen LogP) is 4.08. The van der Waals surface area contributed by atoms with E-state index < -0.39 is 0 Å². The van der Waals surface area contributed by atoms with Gasteiger partial charge in [-0.25, -0.2) is 0 Å². The summed E-state index contributed by atoms with van der Waals surface area (Å²) in [5, 5.41) is 3.48. The standard InChI is InChI=1S/C18H27NO2/c1-4-13-6-5-9-18(11-13)12-16(19-2)15-8-7-14(20-3)10-17(15)21-18/h7-8,10,13,16,19H,4-6,9,11-12H2,1-3H3. The van der Waals surface area contributed by atoms with Crippen LogP contribution < -0.4 is 14.8 Å². The highest BCUT2D eigenvalue weighted by Crippen LogP contribution is 2.48. The maximum absolute atomic E-state index is 6.55. The van der Waals surface area contributed by atoms with Gasteiger partial charge in [-0.05, 0) is 38.3 Å². The largest absolute Gasteiger partial charge is 0.497 e. The normalized spacial score (nSPS) is 31.6. The Morgan fingerprint density at radius 1 is 1.38 bits per heavy atom. The van der Waals surface area contributed by atoms with Gasteiger partial charge in [0.15, 0.2) is 0 Å². The summed E-state index contributed by atoms with van der Waals surface area (Å²) >= 11 is 0. The van der Waals surface area contributed by atoms with Gasteiger partial charge in [0.25, 0.3) is 0 Å². The van der Waals surface area contributed by atoms with E-state index in [0.29, 0.717) is 6.04 Å². The smallest absolute Gasteiger partial charge is 0.128 e. The van der Waals surface area contributed by atoms with Crippen LogP contribution in [0.25, 0.3) is 0 Å². The van der Waals surface area contributed by atoms with Crippen LogP contribution in [-0.2, 0) is 0 Å². The van der Waals surface area contributed by atoms with Crippen molar-refractivity contribution in [2.45, 2.75) is 57.1 Å². The molecule has 3 nitrogen and oxygen atoms in total. The van der Waals surface area contributed by atoms with Crippen molar-refractivity contribution < 1.29 is 9.47 Å². The van der Waals surface area contributed by atoms with Gasteiger partial charge in [0.1, 0.15) is 17.1 Å². The van der Waals surface area contributed by atoms with Crippen LogP contribution in [0.2, 0.25) is 0 Å². The molecule has 0 saturated heterocycles. The van der Waals surface area contributed by atoms with E-state index in [2.05, 4.69) is 31.4 Å². The molecule has 1 aliphatic carbocycles. The lowest BCUT2D eigenvalue weighted by molar-refractivity contribution is -0.0209. The Balaban J connectivity index is 1.92. The summed E-state index contributed by atoms with van der Waals surface area (Å²) in [6.07, 6.45) is 7.36. The molecular weight excluding hydrogens is 262 g/mol. The molecule has 1 aliphatic heterocycles. The molecule has 1 fully saturated rings. The van der Waals surface area contributed by atoms with Crippen LogP contribution in [0.1, 0.15) is 57.1 Å². The minimum Gasteiger partial charge on any atom is -0.497 e. The fraction of sp³-hybridized carbons (Fsp3) is 0.667. The van der Waals surface area contributed by atoms with Gasteiger partial charge in [-0.15, -0.1) is 0 Å². The predicted molar refractivity (Wildman–Crippen MR) is 85.0 cm³/mol. The molecule has 1 spiro atoms. The van der Waals surface area contributed by atoms with Gasteiger partial charge in [0, 0.05) is 24.1 Å². The highest BCUT2D eigenvalue weighted by Gasteiger charge is 2.43. The Morgan fingerprint density at radius 2 is 2.24 bits per heavy atom. The maximum Gasteiger partial charge on any atom is 0.128 e. The average molecular weight is 289 g/mol. The minimum atomic E-state index is 0.0198. The van der Waals surface area contributed by atoms with E-state index in [1.807, 2.05) is 6.07 Å². The van der Waals surface area contributed by atoms with E-state index in [4.69, 9.17) is 9.47 Å². The number of rotatable bonds is 3. The third-order valence-corrected chi connectivity index (χ3v) is 5.33. The summed E-state index contributed by atoms with van der Waals surface area (Å²) in [5.41, 5.74) is 1.29. The molecule has 0 bridgehead atoms. The second-order valence-corrected chi connectivity index (χ2v) is 6.60. The number of nitrogens with one attached hydrogen (secondary N) is 1. The monoisotopic (exact) mass is 289 g/mol. The lowest BCUT2D eigenvalue weighted by Crippen LogP contribution is -2.46. The van der Waals surface area contributed by atoms with Crippen LogP contribution in [0.3, 0.4) is 0 Å². The zero-order chi connectivity index (χ0) is 14.9. The number of benzene rings is 1. The van der Waals surface area contributed by atoms with Crippen molar-refractivity contribution in [3.05, 3.63) is 23.8 Å². The molecule has 0 aromatic heterocycles. The Morgan fingerprint density at radius 3 is 2.95 bits per heavy atom. The highest BCUT2D eigenvalue weighted by atomic mass is 16.5. The first-order chi connectivity index (χ1) is 10.2. The first-order valence-electron chi connectivity index (χ1n) is 8.24. The first-order valence-corrected chi connectivity index (χ1v) is 8.24. The molecule has 1 N–H and O–H groups in total. The molecule has 1 aromatic rings. The molecule has 1 heterocycles. The zero-order valence-electron chi connectivity index (χ0n) is 13.4. The number of hydrogen-bond acceptors (Lipinski definition) is 3. The SMILES string of the molecule is CCC1CCCC2(C1)CC(NC)c1ccc(OC)cc1O2. The summed E-state index contributed by atoms with van der Waals surface area (Å²) in [5.74, 6) is 2.70. The zero-order valence-corrected chi connectivity index (χ0v) is 13.4. The van der Waals surface area contributed by atoms with Crippen LogP contribution in [0.5, 0.6) is 11.5 Å². The van der Waals surface area contributed by atoms with E-state index in [0.717, 1.165) is 23.8 Å². The van der Waals surface area contributed by atoms with Gasteiger partial charge >= 0.3 is 0 Å². The van der Waals surface area contributed by atoms with E-state index in [9.17, 15) is 0 Å². The quantitative estimate of drug-likeness (QED) is 0.909. The summed E-state index contributed by atoms with van der Waals surface area (Å²) in [7, 11) is 3.77. The van der Waals surface area contributed by atoms with Gasteiger partial charge in [-0.2, -0.15) is 0 Å². The Hall–Kier alpha value is -1.22. The van der Waals surface area contributed by atoms with E-state index >= 15 is 0 Å². The van der Waals surface area contributed by atoms with Crippen LogP contribution in [0.4, 0.5) is 0 Å². The molecule has 0 radical (unpaired) electrons. The highest BCUT2D eigenvalue weighted by molar-refractivity contribution is 5.44. The average Bonchev–Trinajstić information content (AvgIpc) is 2.53. The van der Waals surface area contributed by atoms with Crippen LogP contribution in [0.15, 0.2) is 18.2 Å². The summed E-state index contributed by atoms with van der Waals surface area (Å²) < 4.78 is 11.9. The number of ether oxygens (including phenoxy) is 2. The Bertz CT molecular complexity index is 502. The van der Waals surface area contributed by atoms with Gasteiger partial charge in [0.2, 0.25) is 0 Å². The second-order valence-electron chi connectivity index (χ2n) is 6.60. The van der Waals surface area contributed by atoms with Crippen molar-refractivity contribution in [2.24, 2.45) is 5.92 Å². The van der Waals surface area contributed by atoms with Crippen molar-refractivity contribution in [2.75, 3.05) is 14.2 Å². The molecule has 3 heteroatoms. The lowest BCUT2D eigenvalue weighted by atomic mass is 9.72. The second kappa shape index (κ2) is 5.88. The Kier molecular flexibility index (Phi) is 4.12. The fourth-order valence-electron chi connectivity index (χ4n) is 4.10. The van der Waals surface area contributed by atoms with Crippen LogP contribution in [-0.4, -0.2) is 19.8 Å². The third kappa shape index (κ3) is 2.76. The van der Waals surface area contributed by atoms with Crippen molar-refractivity contribution in [3.8, 4) is 11.5 Å². The van der Waals surface area contributed by atoms with Gasteiger partial charge < -0.3 is 14.8 Å². The molecule has 21 heavy (non-hydrogen) atoms. The summed E-state index contributed by atoms with van der Waals surface area (Å²) in [4.78, 5) is 0. The first kappa shape index (κ1) is 14.7. The molecule has 1 saturated carbocycles. The molecule has 0 amide bonds. The fourth-order valence-corrected chi connectivity index (χ4v) is 4.10. The molecule has 3 rings (SSSR count). The van der Waals surface area contributed by atoms with Crippen molar-refractivity contribution >= 4 is 0 Å². The minimum absolute atomic E-state index is 0.0198. The molecule has 116 valence electrons.